The maximum atomic E-state index is 14.8. The van der Waals surface area contributed by atoms with Crippen LogP contribution in [0.2, 0.25) is 5.02 Å². The second-order valence-corrected chi connectivity index (χ2v) is 17.4. The number of rotatable bonds is 15. The van der Waals surface area contributed by atoms with Crippen LogP contribution in [-0.4, -0.2) is 92.7 Å². The van der Waals surface area contributed by atoms with Gasteiger partial charge in [-0.3, -0.25) is 19.2 Å². The van der Waals surface area contributed by atoms with Gasteiger partial charge in [0.05, 0.1) is 17.6 Å². The topological polar surface area (TPSA) is 174 Å². The number of likely N-dealkylation sites (tertiary alicyclic amines) is 1. The molecule has 6 atom stereocenters. The fourth-order valence-corrected chi connectivity index (χ4v) is 7.85. The highest BCUT2D eigenvalue weighted by Crippen LogP contribution is 2.31. The maximum absolute atomic E-state index is 14.8. The number of halogens is 1. The van der Waals surface area contributed by atoms with Gasteiger partial charge in [0.15, 0.2) is 11.2 Å². The van der Waals surface area contributed by atoms with E-state index in [1.54, 1.807) is 12.1 Å². The Hall–Kier alpha value is -4.01. The lowest BCUT2D eigenvalue weighted by Gasteiger charge is -2.38. The number of aromatic nitrogens is 1. The summed E-state index contributed by atoms with van der Waals surface area (Å²) in [5, 5.41) is 27.1. The van der Waals surface area contributed by atoms with Crippen molar-refractivity contribution in [2.24, 2.45) is 11.3 Å². The van der Waals surface area contributed by atoms with Crippen LogP contribution in [0.25, 0.3) is 0 Å². The van der Waals surface area contributed by atoms with E-state index >= 15 is 0 Å². The Morgan fingerprint density at radius 3 is 2.34 bits per heavy atom. The Kier molecular flexibility index (Phi) is 15.0. The van der Waals surface area contributed by atoms with Crippen molar-refractivity contribution in [1.82, 2.24) is 31.2 Å². The van der Waals surface area contributed by atoms with Crippen molar-refractivity contribution in [3.8, 4) is 5.88 Å². The average Bonchev–Trinajstić information content (AvgIpc) is 3.88. The Labute approximate surface area is 340 Å². The van der Waals surface area contributed by atoms with Gasteiger partial charge in [0, 0.05) is 30.4 Å². The van der Waals surface area contributed by atoms with E-state index in [0.29, 0.717) is 23.0 Å². The van der Waals surface area contributed by atoms with Crippen molar-refractivity contribution in [2.45, 2.75) is 141 Å². The quantitative estimate of drug-likeness (QED) is 0.138. The monoisotopic (exact) mass is 811 g/mol. The van der Waals surface area contributed by atoms with Gasteiger partial charge in [0.2, 0.25) is 23.6 Å². The first-order chi connectivity index (χ1) is 26.6. The number of nitrogens with one attached hydrogen (secondary N) is 5. The highest BCUT2D eigenvalue weighted by Gasteiger charge is 2.47. The van der Waals surface area contributed by atoms with Crippen LogP contribution in [0.3, 0.4) is 0 Å². The fourth-order valence-electron chi connectivity index (χ4n) is 7.50. The molecule has 2 heterocycles. The summed E-state index contributed by atoms with van der Waals surface area (Å²) in [7, 11) is 0. The number of para-hydroxylation sites is 1. The van der Waals surface area contributed by atoms with E-state index < -0.39 is 59.5 Å². The number of hydrogen-bond donors (Lipinski definition) is 6. The Bertz CT molecular complexity index is 1700. The van der Waals surface area contributed by atoms with Gasteiger partial charge in [0.1, 0.15) is 24.2 Å². The molecule has 0 spiro atoms. The van der Waals surface area contributed by atoms with Gasteiger partial charge in [-0.05, 0) is 80.3 Å². The van der Waals surface area contributed by atoms with Crippen LogP contribution in [0.1, 0.15) is 97.5 Å². The minimum Gasteiger partial charge on any atom is -0.472 e. The number of nitrogens with zero attached hydrogens (tertiary/aromatic N) is 2. The summed E-state index contributed by atoms with van der Waals surface area (Å²) in [6, 6.07) is 7.38. The molecular formula is C41H58ClN7O6S. The van der Waals surface area contributed by atoms with Crippen LogP contribution in [0, 0.1) is 18.3 Å². The molecule has 5 rings (SSSR count). The molecule has 2 saturated carbocycles. The number of aryl methyl sites for hydroxylation is 1. The molecule has 2 aromatic rings. The first-order valence-corrected chi connectivity index (χ1v) is 20.7. The average molecular weight is 812 g/mol. The van der Waals surface area contributed by atoms with Crippen LogP contribution < -0.4 is 31.3 Å². The zero-order valence-electron chi connectivity index (χ0n) is 33.1. The largest absolute Gasteiger partial charge is 0.472 e. The SMILES string of the molecule is CCC[C@H](NC(=O)[C@@H]1C[C@@H](Oc2ccc(Cl)cn2)CN1C(=O)[C@@H](NC(=O)[C@@H](NC(=S)Nc1ccccc1C)C1CCCCC1)C(C)(C)C)C(O)C(=O)NC1CC1. The molecule has 1 aromatic carbocycles. The maximum Gasteiger partial charge on any atom is 0.251 e. The van der Waals surface area contributed by atoms with Crippen LogP contribution in [0.15, 0.2) is 42.6 Å². The number of carbonyl (C=O) groups is 4. The van der Waals surface area contributed by atoms with Gasteiger partial charge in [-0.25, -0.2) is 4.98 Å². The molecular weight excluding hydrogens is 754 g/mol. The normalized spacial score (nSPS) is 20.9. The lowest BCUT2D eigenvalue weighted by Crippen LogP contribution is -2.62. The number of carbonyl (C=O) groups excluding carboxylic acids is 4. The van der Waals surface area contributed by atoms with E-state index in [1.165, 1.54) is 11.1 Å². The predicted molar refractivity (Wildman–Crippen MR) is 220 cm³/mol. The van der Waals surface area contributed by atoms with E-state index in [0.717, 1.165) is 56.2 Å². The lowest BCUT2D eigenvalue weighted by molar-refractivity contribution is -0.145. The molecule has 1 unspecified atom stereocenters. The van der Waals surface area contributed by atoms with Crippen LogP contribution in [0.4, 0.5) is 5.69 Å². The number of benzene rings is 1. The van der Waals surface area contributed by atoms with Gasteiger partial charge in [0.25, 0.3) is 5.91 Å². The highest BCUT2D eigenvalue weighted by molar-refractivity contribution is 7.80. The summed E-state index contributed by atoms with van der Waals surface area (Å²) >= 11 is 11.8. The summed E-state index contributed by atoms with van der Waals surface area (Å²) in [4.78, 5) is 62.0. The van der Waals surface area contributed by atoms with Gasteiger partial charge in [-0.1, -0.05) is 83.2 Å². The second-order valence-electron chi connectivity index (χ2n) is 16.5. The molecule has 0 radical (unpaired) electrons. The number of aliphatic hydroxyl groups excluding tert-OH is 1. The van der Waals surface area contributed by atoms with Gasteiger partial charge < -0.3 is 41.3 Å². The minimum atomic E-state index is -1.47. The zero-order valence-corrected chi connectivity index (χ0v) is 34.7. The third-order valence-corrected chi connectivity index (χ3v) is 11.3. The number of hydrogen-bond acceptors (Lipinski definition) is 8. The molecule has 3 aliphatic rings. The smallest absolute Gasteiger partial charge is 0.251 e. The molecule has 15 heteroatoms. The van der Waals surface area contributed by atoms with Crippen molar-refractivity contribution in [2.75, 3.05) is 11.9 Å². The van der Waals surface area contributed by atoms with E-state index in [2.05, 4.69) is 31.6 Å². The van der Waals surface area contributed by atoms with E-state index in [9.17, 15) is 24.3 Å². The number of anilines is 1. The zero-order chi connectivity index (χ0) is 40.6. The first-order valence-electron chi connectivity index (χ1n) is 20.0. The molecule has 1 saturated heterocycles. The molecule has 0 bridgehead atoms. The number of aliphatic hydroxyl groups is 1. The summed E-state index contributed by atoms with van der Waals surface area (Å²) in [5.74, 6) is -1.61. The molecule has 56 heavy (non-hydrogen) atoms. The molecule has 6 N–H and O–H groups in total. The Morgan fingerprint density at radius 2 is 1.71 bits per heavy atom. The van der Waals surface area contributed by atoms with Crippen molar-refractivity contribution in [1.29, 1.82) is 0 Å². The molecule has 1 aliphatic heterocycles. The van der Waals surface area contributed by atoms with Crippen molar-refractivity contribution in [3.05, 3.63) is 53.2 Å². The standard InChI is InChI=1S/C41H58ClN7O6S/c1-6-12-30(34(50)38(53)44-27-18-19-27)45-36(51)31-21-28(55-32-20-17-26(42)22-43-32)23-49(31)39(54)35(41(3,4)5)48-37(52)33(25-14-8-7-9-15-25)47-40(56)46-29-16-11-10-13-24(29)2/h10-11,13,16-17,20,22,25,27-28,30-31,33-35,50H,6-9,12,14-15,18-19,21,23H2,1-5H3,(H,44,53)(H,45,51)(H,48,52)(H2,46,47,56)/t28-,30+,31+,33+,34?,35-/m1/s1. The van der Waals surface area contributed by atoms with E-state index in [-0.39, 0.29) is 36.7 Å². The van der Waals surface area contributed by atoms with Crippen molar-refractivity contribution in [3.63, 3.8) is 0 Å². The molecule has 13 nitrogen and oxygen atoms in total. The van der Waals surface area contributed by atoms with E-state index in [1.807, 2.05) is 58.9 Å². The number of pyridine rings is 1. The van der Waals surface area contributed by atoms with Crippen molar-refractivity contribution >= 4 is 58.2 Å². The lowest BCUT2D eigenvalue weighted by atomic mass is 9.82. The van der Waals surface area contributed by atoms with Crippen molar-refractivity contribution < 1.29 is 29.0 Å². The number of ether oxygens (including phenoxy) is 1. The highest BCUT2D eigenvalue weighted by atomic mass is 35.5. The third kappa shape index (κ3) is 11.8. The number of amides is 4. The van der Waals surface area contributed by atoms with Crippen LogP contribution in [-0.2, 0) is 19.2 Å². The summed E-state index contributed by atoms with van der Waals surface area (Å²) in [5.41, 5.74) is 1.06. The number of thiocarbonyl (C=S) groups is 1. The van der Waals surface area contributed by atoms with Crippen LogP contribution >= 0.6 is 23.8 Å². The van der Waals surface area contributed by atoms with Gasteiger partial charge in [-0.15, -0.1) is 0 Å². The van der Waals surface area contributed by atoms with E-state index in [4.69, 9.17) is 28.6 Å². The predicted octanol–water partition coefficient (Wildman–Crippen LogP) is 4.78. The Morgan fingerprint density at radius 1 is 1.00 bits per heavy atom. The molecule has 3 fully saturated rings. The summed E-state index contributed by atoms with van der Waals surface area (Å²) in [6.45, 7) is 9.50. The van der Waals surface area contributed by atoms with Gasteiger partial charge >= 0.3 is 0 Å². The van der Waals surface area contributed by atoms with Gasteiger partial charge in [-0.2, -0.15) is 0 Å². The second kappa shape index (κ2) is 19.4. The summed E-state index contributed by atoms with van der Waals surface area (Å²) < 4.78 is 6.17. The van der Waals surface area contributed by atoms with Crippen LogP contribution in [0.5, 0.6) is 5.88 Å². The molecule has 2 aliphatic carbocycles. The third-order valence-electron chi connectivity index (χ3n) is 10.8. The molecule has 4 amide bonds. The summed E-state index contributed by atoms with van der Waals surface area (Å²) in [6.07, 6.45) is 6.85. The fraction of sp³-hybridized carbons (Fsp3) is 0.610. The minimum absolute atomic E-state index is 0.00917. The first kappa shape index (κ1) is 43.1. The molecule has 306 valence electrons. The molecule has 1 aromatic heterocycles. The Balaban J connectivity index is 1.38.